The minimum absolute atomic E-state index is 0.0332. The molecule has 0 rings (SSSR count). The summed E-state index contributed by atoms with van der Waals surface area (Å²) in [5.74, 6) is -0.474. The molecular formula is C65H108O5. The lowest BCUT2D eigenvalue weighted by molar-refractivity contribution is -0.162. The highest BCUT2D eigenvalue weighted by Gasteiger charge is 2.17. The number of hydrogen-bond donors (Lipinski definition) is 0. The predicted octanol–water partition coefficient (Wildman–Crippen LogP) is 20.1. The Bertz CT molecular complexity index is 1420. The first-order valence-electron chi connectivity index (χ1n) is 29.1. The fourth-order valence-corrected chi connectivity index (χ4v) is 7.78. The van der Waals surface area contributed by atoms with Gasteiger partial charge in [0.2, 0.25) is 0 Å². The maximum absolute atomic E-state index is 12.9. The van der Waals surface area contributed by atoms with Crippen molar-refractivity contribution < 1.29 is 23.8 Å². The molecule has 0 aliphatic carbocycles. The molecule has 0 aliphatic rings. The van der Waals surface area contributed by atoms with E-state index in [9.17, 15) is 9.59 Å². The second-order valence-corrected chi connectivity index (χ2v) is 18.8. The third kappa shape index (κ3) is 56.9. The average molecular weight is 970 g/mol. The van der Waals surface area contributed by atoms with Gasteiger partial charge in [-0.05, 0) is 96.3 Å². The number of allylic oxidation sites excluding steroid dienone is 19. The van der Waals surface area contributed by atoms with Gasteiger partial charge in [-0.25, -0.2) is 0 Å². The third-order valence-corrected chi connectivity index (χ3v) is 12.0. The van der Waals surface area contributed by atoms with Gasteiger partial charge in [0.15, 0.2) is 6.10 Å². The molecule has 70 heavy (non-hydrogen) atoms. The van der Waals surface area contributed by atoms with Gasteiger partial charge in [0.25, 0.3) is 0 Å². The van der Waals surface area contributed by atoms with Crippen LogP contribution in [0.15, 0.2) is 122 Å². The molecule has 0 saturated heterocycles. The lowest BCUT2D eigenvalue weighted by Gasteiger charge is -2.18. The van der Waals surface area contributed by atoms with Crippen LogP contribution in [0.2, 0.25) is 0 Å². The van der Waals surface area contributed by atoms with Crippen molar-refractivity contribution in [2.75, 3.05) is 19.8 Å². The quantitative estimate of drug-likeness (QED) is 0.0345. The molecule has 0 aliphatic heterocycles. The highest BCUT2D eigenvalue weighted by molar-refractivity contribution is 5.70. The molecule has 1 atom stereocenters. The molecule has 0 aromatic carbocycles. The molecule has 0 N–H and O–H groups in total. The second-order valence-electron chi connectivity index (χ2n) is 18.8. The normalized spacial score (nSPS) is 13.1. The molecule has 5 heteroatoms. The van der Waals surface area contributed by atoms with Crippen molar-refractivity contribution in [3.63, 3.8) is 0 Å². The number of unbranched alkanes of at least 4 members (excludes halogenated alkanes) is 21. The van der Waals surface area contributed by atoms with E-state index < -0.39 is 6.10 Å². The Kier molecular flexibility index (Phi) is 56.5. The zero-order valence-corrected chi connectivity index (χ0v) is 45.7. The summed E-state index contributed by atoms with van der Waals surface area (Å²) >= 11 is 0. The van der Waals surface area contributed by atoms with E-state index in [2.05, 4.69) is 142 Å². The van der Waals surface area contributed by atoms with Gasteiger partial charge in [-0.3, -0.25) is 9.59 Å². The highest BCUT2D eigenvalue weighted by atomic mass is 16.6. The lowest BCUT2D eigenvalue weighted by Crippen LogP contribution is -2.30. The van der Waals surface area contributed by atoms with E-state index in [-0.39, 0.29) is 25.2 Å². The summed E-state index contributed by atoms with van der Waals surface area (Å²) < 4.78 is 17.4. The van der Waals surface area contributed by atoms with Gasteiger partial charge in [-0.2, -0.15) is 0 Å². The Morgan fingerprint density at radius 3 is 1.03 bits per heavy atom. The molecule has 0 spiro atoms. The van der Waals surface area contributed by atoms with Crippen LogP contribution >= 0.6 is 0 Å². The summed E-state index contributed by atoms with van der Waals surface area (Å²) in [5, 5.41) is 0. The second kappa shape index (κ2) is 59.6. The summed E-state index contributed by atoms with van der Waals surface area (Å²) in [6.07, 6.45) is 83.9. The van der Waals surface area contributed by atoms with Crippen LogP contribution in [0.25, 0.3) is 0 Å². The first-order chi connectivity index (χ1) is 34.6. The summed E-state index contributed by atoms with van der Waals surface area (Å²) in [7, 11) is 0. The number of carbonyl (C=O) groups excluding carboxylic acids is 2. The van der Waals surface area contributed by atoms with Crippen molar-refractivity contribution >= 4 is 11.9 Å². The Balaban J connectivity index is 4.42. The van der Waals surface area contributed by atoms with E-state index in [1.54, 1.807) is 0 Å². The van der Waals surface area contributed by atoms with E-state index in [1.807, 2.05) is 0 Å². The molecule has 1 unspecified atom stereocenters. The molecule has 0 saturated carbocycles. The zero-order chi connectivity index (χ0) is 50.6. The fourth-order valence-electron chi connectivity index (χ4n) is 7.78. The Morgan fingerprint density at radius 1 is 0.329 bits per heavy atom. The average Bonchev–Trinajstić information content (AvgIpc) is 3.36. The van der Waals surface area contributed by atoms with Crippen LogP contribution in [0.1, 0.15) is 252 Å². The fraction of sp³-hybridized carbons (Fsp3) is 0.662. The molecule has 0 radical (unpaired) electrons. The monoisotopic (exact) mass is 969 g/mol. The molecule has 0 aromatic heterocycles. The lowest BCUT2D eigenvalue weighted by atomic mass is 10.0. The van der Waals surface area contributed by atoms with Gasteiger partial charge >= 0.3 is 11.9 Å². The van der Waals surface area contributed by atoms with Gasteiger partial charge in [-0.1, -0.05) is 264 Å². The third-order valence-electron chi connectivity index (χ3n) is 12.0. The smallest absolute Gasteiger partial charge is 0.306 e. The van der Waals surface area contributed by atoms with Crippen molar-refractivity contribution in [2.24, 2.45) is 0 Å². The molecule has 0 bridgehead atoms. The molecular weight excluding hydrogens is 861 g/mol. The van der Waals surface area contributed by atoms with Crippen LogP contribution in [0.3, 0.4) is 0 Å². The van der Waals surface area contributed by atoms with Crippen molar-refractivity contribution in [3.8, 4) is 0 Å². The molecule has 0 aromatic rings. The van der Waals surface area contributed by atoms with E-state index in [0.29, 0.717) is 19.4 Å². The first kappa shape index (κ1) is 66.3. The Hall–Kier alpha value is -3.70. The standard InChI is InChI=1S/C65H108O5/c1-4-7-10-13-16-19-22-25-28-31-33-35-37-40-43-46-49-52-55-58-64(66)69-62-63(61-68-60-57-54-51-48-45-42-39-30-27-24-21-18-15-12-9-6-3)70-65(67)59-56-53-50-47-44-41-38-36-34-32-29-26-23-20-17-14-11-8-5-2/h7,9-10,12,16,18-19,21,25,27-28,30,33,35,40,42-43,45,51,54,63H,4-6,8,11,13-15,17,20,22-24,26,29,31-32,34,36-39,41,44,46-50,52-53,55-62H2,1-3H3/b10-7-,12-9-,19-16-,21-18-,28-25-,30-27-,35-33-,43-40-,45-42-,54-51-. The van der Waals surface area contributed by atoms with Crippen LogP contribution in [0.5, 0.6) is 0 Å². The largest absolute Gasteiger partial charge is 0.462 e. The van der Waals surface area contributed by atoms with E-state index in [0.717, 1.165) is 116 Å². The van der Waals surface area contributed by atoms with E-state index in [4.69, 9.17) is 14.2 Å². The minimum atomic E-state index is -0.597. The summed E-state index contributed by atoms with van der Waals surface area (Å²) in [4.78, 5) is 25.5. The maximum atomic E-state index is 12.9. The molecule has 0 amide bonds. The number of carbonyl (C=O) groups is 2. The molecule has 0 fully saturated rings. The number of rotatable bonds is 52. The Morgan fingerprint density at radius 2 is 0.643 bits per heavy atom. The van der Waals surface area contributed by atoms with Gasteiger partial charge in [-0.15, -0.1) is 0 Å². The van der Waals surface area contributed by atoms with Crippen LogP contribution in [0, 0.1) is 0 Å². The van der Waals surface area contributed by atoms with Gasteiger partial charge < -0.3 is 14.2 Å². The number of ether oxygens (including phenoxy) is 3. The summed E-state index contributed by atoms with van der Waals surface area (Å²) in [6.45, 7) is 7.37. The Labute approximate surface area is 433 Å². The van der Waals surface area contributed by atoms with Crippen molar-refractivity contribution in [2.45, 2.75) is 258 Å². The van der Waals surface area contributed by atoms with E-state index >= 15 is 0 Å². The van der Waals surface area contributed by atoms with Gasteiger partial charge in [0.05, 0.1) is 13.2 Å². The topological polar surface area (TPSA) is 61.8 Å². The van der Waals surface area contributed by atoms with Crippen LogP contribution in [0.4, 0.5) is 0 Å². The van der Waals surface area contributed by atoms with Crippen molar-refractivity contribution in [1.82, 2.24) is 0 Å². The van der Waals surface area contributed by atoms with Gasteiger partial charge in [0, 0.05) is 12.8 Å². The zero-order valence-electron chi connectivity index (χ0n) is 45.7. The summed E-state index contributed by atoms with van der Waals surface area (Å²) in [5.41, 5.74) is 0. The molecule has 5 nitrogen and oxygen atoms in total. The molecule has 398 valence electrons. The predicted molar refractivity (Wildman–Crippen MR) is 306 cm³/mol. The van der Waals surface area contributed by atoms with Gasteiger partial charge in [0.1, 0.15) is 6.61 Å². The molecule has 0 heterocycles. The maximum Gasteiger partial charge on any atom is 0.306 e. The van der Waals surface area contributed by atoms with Crippen LogP contribution < -0.4 is 0 Å². The number of esters is 2. The number of hydrogen-bond acceptors (Lipinski definition) is 5. The van der Waals surface area contributed by atoms with Crippen LogP contribution in [-0.2, 0) is 23.8 Å². The van der Waals surface area contributed by atoms with Crippen LogP contribution in [-0.4, -0.2) is 37.9 Å². The highest BCUT2D eigenvalue weighted by Crippen LogP contribution is 2.16. The minimum Gasteiger partial charge on any atom is -0.462 e. The summed E-state index contributed by atoms with van der Waals surface area (Å²) in [6, 6.07) is 0. The van der Waals surface area contributed by atoms with Crippen molar-refractivity contribution in [3.05, 3.63) is 122 Å². The first-order valence-corrected chi connectivity index (χ1v) is 29.1. The van der Waals surface area contributed by atoms with Crippen molar-refractivity contribution in [1.29, 1.82) is 0 Å². The van der Waals surface area contributed by atoms with E-state index in [1.165, 1.54) is 103 Å². The SMILES string of the molecule is CC/C=C\C/C=C\C/C=C\C/C=C\C/C=C\CCCCCC(=O)OCC(COCC/C=C\C/C=C\C/C=C\C/C=C\C/C=C\CC)OC(=O)CCCCCCCCCCCCCCCCCCCCC.